The van der Waals surface area contributed by atoms with Crippen LogP contribution in [0.3, 0.4) is 0 Å². The number of ether oxygens (including phenoxy) is 3. The van der Waals surface area contributed by atoms with Gasteiger partial charge in [0.25, 0.3) is 11.1 Å². The SMILES string of the molecule is Cc1cc(/C=C2\SC(=O)N(Cc3cc4c(cc3Cl)OCO4)C2=O)c(C)n1-c1ccc(N2CCOCC2)cc1. The molecule has 0 unspecified atom stereocenters. The van der Waals surface area contributed by atoms with Gasteiger partial charge in [-0.3, -0.25) is 14.5 Å². The number of aromatic nitrogens is 1. The number of rotatable bonds is 5. The van der Waals surface area contributed by atoms with Gasteiger partial charge in [-0.2, -0.15) is 0 Å². The van der Waals surface area contributed by atoms with E-state index < -0.39 is 0 Å². The number of hydrogen-bond acceptors (Lipinski definition) is 7. The van der Waals surface area contributed by atoms with Crippen LogP contribution in [0.5, 0.6) is 11.5 Å². The maximum atomic E-state index is 13.2. The van der Waals surface area contributed by atoms with Gasteiger partial charge in [0.05, 0.1) is 24.7 Å². The lowest BCUT2D eigenvalue weighted by Crippen LogP contribution is -2.36. The van der Waals surface area contributed by atoms with E-state index in [0.29, 0.717) is 27.0 Å². The summed E-state index contributed by atoms with van der Waals surface area (Å²) in [5.74, 6) is 0.768. The molecule has 2 aromatic carbocycles. The molecule has 38 heavy (non-hydrogen) atoms. The van der Waals surface area contributed by atoms with Crippen LogP contribution < -0.4 is 14.4 Å². The minimum absolute atomic E-state index is 0.0615. The highest BCUT2D eigenvalue weighted by atomic mass is 35.5. The second-order valence-corrected chi connectivity index (χ2v) is 10.7. The molecule has 8 nitrogen and oxygen atoms in total. The summed E-state index contributed by atoms with van der Waals surface area (Å²) in [7, 11) is 0. The maximum absolute atomic E-state index is 13.2. The van der Waals surface area contributed by atoms with Crippen LogP contribution in [-0.2, 0) is 16.1 Å². The maximum Gasteiger partial charge on any atom is 0.293 e. The van der Waals surface area contributed by atoms with Crippen molar-refractivity contribution in [2.45, 2.75) is 20.4 Å². The highest BCUT2D eigenvalue weighted by molar-refractivity contribution is 8.18. The van der Waals surface area contributed by atoms with E-state index in [-0.39, 0.29) is 24.5 Å². The number of fused-ring (bicyclic) bond motifs is 1. The van der Waals surface area contributed by atoms with E-state index in [1.165, 1.54) is 10.6 Å². The molecule has 0 spiro atoms. The number of hydrogen-bond donors (Lipinski definition) is 0. The van der Waals surface area contributed by atoms with E-state index in [9.17, 15) is 9.59 Å². The quantitative estimate of drug-likeness (QED) is 0.385. The van der Waals surface area contributed by atoms with Gasteiger partial charge in [0.1, 0.15) is 0 Å². The molecule has 0 saturated carbocycles. The monoisotopic (exact) mass is 551 g/mol. The average molecular weight is 552 g/mol. The van der Waals surface area contributed by atoms with Crippen LogP contribution in [0.15, 0.2) is 47.4 Å². The third-order valence-electron chi connectivity index (χ3n) is 6.98. The predicted octanol–water partition coefficient (Wildman–Crippen LogP) is 5.55. The van der Waals surface area contributed by atoms with Crippen molar-refractivity contribution < 1.29 is 23.8 Å². The number of amides is 2. The number of carbonyl (C=O) groups is 2. The fourth-order valence-corrected chi connectivity index (χ4v) is 6.04. The van der Waals surface area contributed by atoms with Crippen LogP contribution in [0.1, 0.15) is 22.5 Å². The third-order valence-corrected chi connectivity index (χ3v) is 8.24. The van der Waals surface area contributed by atoms with Crippen LogP contribution in [0.4, 0.5) is 10.5 Å². The molecule has 0 radical (unpaired) electrons. The van der Waals surface area contributed by atoms with Gasteiger partial charge in [-0.1, -0.05) is 11.6 Å². The van der Waals surface area contributed by atoms with Gasteiger partial charge in [0.2, 0.25) is 6.79 Å². The number of thioether (sulfide) groups is 1. The van der Waals surface area contributed by atoms with Crippen molar-refractivity contribution in [2.24, 2.45) is 0 Å². The Bertz CT molecular complexity index is 1460. The zero-order valence-corrected chi connectivity index (χ0v) is 22.6. The highest BCUT2D eigenvalue weighted by Crippen LogP contribution is 2.40. The van der Waals surface area contributed by atoms with Gasteiger partial charge in [-0.25, -0.2) is 0 Å². The summed E-state index contributed by atoms with van der Waals surface area (Å²) < 4.78 is 18.4. The number of nitrogens with zero attached hydrogens (tertiary/aromatic N) is 3. The molecule has 1 aromatic heterocycles. The molecule has 10 heteroatoms. The van der Waals surface area contributed by atoms with E-state index in [2.05, 4.69) is 33.7 Å². The van der Waals surface area contributed by atoms with Crippen LogP contribution >= 0.6 is 23.4 Å². The van der Waals surface area contributed by atoms with Crippen molar-refractivity contribution >= 4 is 46.3 Å². The highest BCUT2D eigenvalue weighted by Gasteiger charge is 2.36. The Morgan fingerprint density at radius 1 is 0.974 bits per heavy atom. The number of morpholine rings is 1. The number of benzene rings is 2. The number of carbonyl (C=O) groups excluding carboxylic acids is 2. The molecule has 0 aliphatic carbocycles. The van der Waals surface area contributed by atoms with Crippen LogP contribution in [0, 0.1) is 13.8 Å². The lowest BCUT2D eigenvalue weighted by molar-refractivity contribution is -0.123. The van der Waals surface area contributed by atoms with Crippen molar-refractivity contribution in [1.29, 1.82) is 0 Å². The van der Waals surface area contributed by atoms with Gasteiger partial charge in [-0.05, 0) is 79.2 Å². The average Bonchev–Trinajstić information content (AvgIpc) is 3.56. The van der Waals surface area contributed by atoms with E-state index in [1.54, 1.807) is 18.2 Å². The minimum Gasteiger partial charge on any atom is -0.454 e. The molecule has 4 heterocycles. The molecule has 0 bridgehead atoms. The topological polar surface area (TPSA) is 73.2 Å². The minimum atomic E-state index is -0.339. The molecule has 3 aliphatic heterocycles. The van der Waals surface area contributed by atoms with Gasteiger partial charge >= 0.3 is 0 Å². The number of halogens is 1. The molecule has 2 amide bonds. The second-order valence-electron chi connectivity index (χ2n) is 9.34. The van der Waals surface area contributed by atoms with Crippen molar-refractivity contribution in [2.75, 3.05) is 38.0 Å². The summed E-state index contributed by atoms with van der Waals surface area (Å²) in [6.45, 7) is 7.51. The third kappa shape index (κ3) is 4.55. The Kier molecular flexibility index (Phi) is 6.59. The first-order chi connectivity index (χ1) is 18.4. The summed E-state index contributed by atoms with van der Waals surface area (Å²) in [6.07, 6.45) is 1.80. The summed E-state index contributed by atoms with van der Waals surface area (Å²) in [6, 6.07) is 13.9. The zero-order valence-electron chi connectivity index (χ0n) is 21.0. The molecule has 0 N–H and O–H groups in total. The van der Waals surface area contributed by atoms with E-state index >= 15 is 0 Å². The van der Waals surface area contributed by atoms with Crippen LogP contribution in [0.25, 0.3) is 11.8 Å². The molecular formula is C28H26ClN3O5S. The van der Waals surface area contributed by atoms with Crippen molar-refractivity contribution in [3.05, 3.63) is 74.9 Å². The molecule has 6 rings (SSSR count). The van der Waals surface area contributed by atoms with Crippen LogP contribution in [0.2, 0.25) is 5.02 Å². The zero-order chi connectivity index (χ0) is 26.4. The Hall–Kier alpha value is -3.40. The summed E-state index contributed by atoms with van der Waals surface area (Å²) >= 11 is 7.32. The molecule has 2 fully saturated rings. The number of anilines is 1. The molecule has 3 aliphatic rings. The van der Waals surface area contributed by atoms with Crippen molar-refractivity contribution in [3.8, 4) is 17.2 Å². The standard InChI is InChI=1S/C28H26ClN3O5S/c1-17-11-19(18(2)32(17)22-5-3-21(4-6-22)30-7-9-35-10-8-30)13-26-27(33)31(28(34)38-26)15-20-12-24-25(14-23(20)29)37-16-36-24/h3-6,11-14H,7-10,15-16H2,1-2H3/b26-13-. The molecule has 196 valence electrons. The summed E-state index contributed by atoms with van der Waals surface area (Å²) in [5.41, 5.74) is 5.77. The molecular weight excluding hydrogens is 526 g/mol. The van der Waals surface area contributed by atoms with Crippen molar-refractivity contribution in [3.63, 3.8) is 0 Å². The van der Waals surface area contributed by atoms with Crippen LogP contribution in [-0.4, -0.2) is 53.7 Å². The lowest BCUT2D eigenvalue weighted by atomic mass is 10.2. The fraction of sp³-hybridized carbons (Fsp3) is 0.286. The number of imide groups is 1. The van der Waals surface area contributed by atoms with Gasteiger partial charge in [0, 0.05) is 46.9 Å². The van der Waals surface area contributed by atoms with Gasteiger partial charge < -0.3 is 23.7 Å². The molecule has 2 saturated heterocycles. The number of aryl methyl sites for hydroxylation is 1. The summed E-state index contributed by atoms with van der Waals surface area (Å²) in [4.78, 5) is 29.9. The van der Waals surface area contributed by atoms with E-state index in [1.807, 2.05) is 19.9 Å². The normalized spacial score (nSPS) is 18.2. The first-order valence-electron chi connectivity index (χ1n) is 12.3. The Morgan fingerprint density at radius 3 is 2.39 bits per heavy atom. The molecule has 3 aromatic rings. The summed E-state index contributed by atoms with van der Waals surface area (Å²) in [5, 5.41) is 0.0861. The first kappa shape index (κ1) is 24.9. The van der Waals surface area contributed by atoms with Gasteiger partial charge in [-0.15, -0.1) is 0 Å². The largest absolute Gasteiger partial charge is 0.454 e. The fourth-order valence-electron chi connectivity index (χ4n) is 4.99. The Balaban J connectivity index is 1.23. The van der Waals surface area contributed by atoms with Gasteiger partial charge in [0.15, 0.2) is 11.5 Å². The Labute approximate surface area is 229 Å². The molecule has 0 atom stereocenters. The Morgan fingerprint density at radius 2 is 1.66 bits per heavy atom. The second kappa shape index (κ2) is 10.1. The smallest absolute Gasteiger partial charge is 0.293 e. The van der Waals surface area contributed by atoms with Crippen molar-refractivity contribution in [1.82, 2.24) is 9.47 Å². The van der Waals surface area contributed by atoms with E-state index in [0.717, 1.165) is 60.7 Å². The first-order valence-corrected chi connectivity index (χ1v) is 13.5. The van der Waals surface area contributed by atoms with E-state index in [4.69, 9.17) is 25.8 Å². The predicted molar refractivity (Wildman–Crippen MR) is 147 cm³/mol. The lowest BCUT2D eigenvalue weighted by Gasteiger charge is -2.29.